The van der Waals surface area contributed by atoms with Gasteiger partial charge in [-0.2, -0.15) is 0 Å². The van der Waals surface area contributed by atoms with E-state index in [9.17, 15) is 18.3 Å². The van der Waals surface area contributed by atoms with E-state index in [1.807, 2.05) is 68.4 Å². The van der Waals surface area contributed by atoms with E-state index in [0.29, 0.717) is 25.3 Å². The van der Waals surface area contributed by atoms with Crippen LogP contribution in [-0.4, -0.2) is 56.7 Å². The Kier molecular flexibility index (Phi) is 11.5. The largest absolute Gasteiger partial charge is 0.497 e. The molecule has 0 fully saturated rings. The van der Waals surface area contributed by atoms with Crippen molar-refractivity contribution in [1.82, 2.24) is 10.6 Å². The van der Waals surface area contributed by atoms with E-state index in [1.165, 1.54) is 0 Å². The molecule has 188 valence electrons. The Morgan fingerprint density at radius 2 is 1.74 bits per heavy atom. The first-order chi connectivity index (χ1) is 16.2. The normalized spacial score (nSPS) is 13.4. The highest BCUT2D eigenvalue weighted by Gasteiger charge is 2.23. The number of amides is 1. The van der Waals surface area contributed by atoms with Crippen LogP contribution in [0.5, 0.6) is 5.75 Å². The lowest BCUT2D eigenvalue weighted by atomic mass is 10.0. The Morgan fingerprint density at radius 1 is 1.03 bits per heavy atom. The SMILES string of the molecule is COc1cccc(CNC[C@H](O)[C@H](Cc2ccccc2)NC(=O)CCS(=O)(=O)CCC(C)C)c1. The van der Waals surface area contributed by atoms with E-state index in [4.69, 9.17) is 4.74 Å². The number of methoxy groups -OCH3 is 1. The molecule has 34 heavy (non-hydrogen) atoms. The molecule has 0 saturated heterocycles. The van der Waals surface area contributed by atoms with Gasteiger partial charge in [-0.15, -0.1) is 0 Å². The zero-order valence-corrected chi connectivity index (χ0v) is 21.2. The molecule has 2 aromatic rings. The van der Waals surface area contributed by atoms with Gasteiger partial charge in [0.1, 0.15) is 5.75 Å². The summed E-state index contributed by atoms with van der Waals surface area (Å²) in [5.74, 6) is 0.576. The minimum absolute atomic E-state index is 0.0855. The first-order valence-corrected chi connectivity index (χ1v) is 13.6. The Morgan fingerprint density at radius 3 is 2.41 bits per heavy atom. The molecule has 8 heteroatoms. The van der Waals surface area contributed by atoms with Gasteiger partial charge in [0.15, 0.2) is 9.84 Å². The zero-order valence-electron chi connectivity index (χ0n) is 20.4. The summed E-state index contributed by atoms with van der Waals surface area (Å²) in [6.07, 6.45) is 0.0510. The molecule has 0 aliphatic rings. The van der Waals surface area contributed by atoms with Gasteiger partial charge in [-0.3, -0.25) is 4.79 Å². The van der Waals surface area contributed by atoms with E-state index in [2.05, 4.69) is 10.6 Å². The first kappa shape index (κ1) is 27.8. The van der Waals surface area contributed by atoms with Gasteiger partial charge in [0.2, 0.25) is 5.91 Å². The monoisotopic (exact) mass is 490 g/mol. The Balaban J connectivity index is 1.94. The van der Waals surface area contributed by atoms with Gasteiger partial charge >= 0.3 is 0 Å². The molecule has 3 N–H and O–H groups in total. The van der Waals surface area contributed by atoms with Crippen LogP contribution >= 0.6 is 0 Å². The molecule has 1 amide bonds. The number of aliphatic hydroxyl groups is 1. The average molecular weight is 491 g/mol. The third-order valence-electron chi connectivity index (χ3n) is 5.57. The summed E-state index contributed by atoms with van der Waals surface area (Å²) < 4.78 is 29.7. The van der Waals surface area contributed by atoms with Crippen LogP contribution in [0.3, 0.4) is 0 Å². The van der Waals surface area contributed by atoms with Crippen LogP contribution in [0.1, 0.15) is 37.8 Å². The van der Waals surface area contributed by atoms with Gasteiger partial charge < -0.3 is 20.5 Å². The zero-order chi connectivity index (χ0) is 25.0. The molecule has 0 bridgehead atoms. The third kappa shape index (κ3) is 10.7. The lowest BCUT2D eigenvalue weighted by Gasteiger charge is -2.25. The van der Waals surface area contributed by atoms with Crippen LogP contribution < -0.4 is 15.4 Å². The number of carbonyl (C=O) groups excluding carboxylic acids is 1. The van der Waals surface area contributed by atoms with Gasteiger partial charge in [-0.1, -0.05) is 56.3 Å². The molecule has 0 spiro atoms. The molecule has 0 heterocycles. The van der Waals surface area contributed by atoms with Crippen LogP contribution in [-0.2, 0) is 27.6 Å². The number of aliphatic hydroxyl groups excluding tert-OH is 1. The molecule has 0 aromatic heterocycles. The fraction of sp³-hybridized carbons (Fsp3) is 0.500. The number of hydrogen-bond acceptors (Lipinski definition) is 6. The average Bonchev–Trinajstić information content (AvgIpc) is 2.82. The summed E-state index contributed by atoms with van der Waals surface area (Å²) in [4.78, 5) is 12.6. The molecule has 2 rings (SSSR count). The Labute approximate surface area is 203 Å². The van der Waals surface area contributed by atoms with E-state index < -0.39 is 22.0 Å². The predicted octanol–water partition coefficient (Wildman–Crippen LogP) is 2.72. The summed E-state index contributed by atoms with van der Waals surface area (Å²) in [6.45, 7) is 4.75. The van der Waals surface area contributed by atoms with Crippen molar-refractivity contribution in [2.24, 2.45) is 5.92 Å². The lowest BCUT2D eigenvalue weighted by Crippen LogP contribution is -2.49. The second-order valence-corrected chi connectivity index (χ2v) is 11.3. The van der Waals surface area contributed by atoms with Crippen LogP contribution in [0.2, 0.25) is 0 Å². The standard InChI is InChI=1S/C26H38N2O5S/c1-20(2)12-14-34(31,32)15-13-26(30)28-24(17-21-8-5-4-6-9-21)25(29)19-27-18-22-10-7-11-23(16-22)33-3/h4-11,16,20,24-25,27,29H,12-15,17-19H2,1-3H3,(H,28,30)/t24-,25-/m0/s1. The van der Waals surface area contributed by atoms with Crippen LogP contribution in [0.4, 0.5) is 0 Å². The van der Waals surface area contributed by atoms with Gasteiger partial charge in [0, 0.05) is 19.5 Å². The van der Waals surface area contributed by atoms with Crippen LogP contribution in [0, 0.1) is 5.92 Å². The fourth-order valence-corrected chi connectivity index (χ4v) is 5.02. The smallest absolute Gasteiger partial charge is 0.221 e. The van der Waals surface area contributed by atoms with Crippen molar-refractivity contribution in [3.05, 3.63) is 65.7 Å². The topological polar surface area (TPSA) is 105 Å². The Bertz CT molecular complexity index is 980. The van der Waals surface area contributed by atoms with E-state index in [1.54, 1.807) is 7.11 Å². The van der Waals surface area contributed by atoms with Crippen molar-refractivity contribution in [3.8, 4) is 5.75 Å². The van der Waals surface area contributed by atoms with Crippen molar-refractivity contribution in [2.45, 2.75) is 51.8 Å². The van der Waals surface area contributed by atoms with E-state index >= 15 is 0 Å². The predicted molar refractivity (Wildman–Crippen MR) is 136 cm³/mol. The number of sulfone groups is 1. The second kappa shape index (κ2) is 14.1. The molecule has 0 aliphatic heterocycles. The van der Waals surface area contributed by atoms with E-state index in [-0.39, 0.29) is 30.4 Å². The molecule has 0 aliphatic carbocycles. The summed E-state index contributed by atoms with van der Waals surface area (Å²) in [5, 5.41) is 16.9. The minimum Gasteiger partial charge on any atom is -0.497 e. The highest BCUT2D eigenvalue weighted by molar-refractivity contribution is 7.91. The highest BCUT2D eigenvalue weighted by Crippen LogP contribution is 2.13. The molecular formula is C26H38N2O5S. The van der Waals surface area contributed by atoms with Gasteiger partial charge in [0.25, 0.3) is 0 Å². The molecule has 0 radical (unpaired) electrons. The maximum Gasteiger partial charge on any atom is 0.221 e. The lowest BCUT2D eigenvalue weighted by molar-refractivity contribution is -0.122. The quantitative estimate of drug-likeness (QED) is 0.355. The van der Waals surface area contributed by atoms with Crippen molar-refractivity contribution >= 4 is 15.7 Å². The number of hydrogen-bond donors (Lipinski definition) is 3. The molecule has 2 aromatic carbocycles. The van der Waals surface area contributed by atoms with Crippen molar-refractivity contribution in [3.63, 3.8) is 0 Å². The van der Waals surface area contributed by atoms with Gasteiger partial charge in [-0.25, -0.2) is 8.42 Å². The number of rotatable bonds is 15. The number of ether oxygens (including phenoxy) is 1. The summed E-state index contributed by atoms with van der Waals surface area (Å²) in [7, 11) is -1.67. The minimum atomic E-state index is -3.28. The number of benzene rings is 2. The maximum absolute atomic E-state index is 12.6. The summed E-state index contributed by atoms with van der Waals surface area (Å²) >= 11 is 0. The van der Waals surface area contributed by atoms with E-state index in [0.717, 1.165) is 16.9 Å². The second-order valence-electron chi connectivity index (χ2n) is 9.00. The third-order valence-corrected chi connectivity index (χ3v) is 7.26. The molecule has 0 unspecified atom stereocenters. The number of nitrogens with one attached hydrogen (secondary N) is 2. The molecule has 2 atom stereocenters. The van der Waals surface area contributed by atoms with Crippen molar-refractivity contribution < 1.29 is 23.1 Å². The van der Waals surface area contributed by atoms with Gasteiger partial charge in [-0.05, 0) is 42.0 Å². The molecule has 0 saturated carbocycles. The molecular weight excluding hydrogens is 452 g/mol. The summed E-state index contributed by atoms with van der Waals surface area (Å²) in [5.41, 5.74) is 1.99. The van der Waals surface area contributed by atoms with Crippen molar-refractivity contribution in [2.75, 3.05) is 25.2 Å². The van der Waals surface area contributed by atoms with Crippen molar-refractivity contribution in [1.29, 1.82) is 0 Å². The molecule has 7 nitrogen and oxygen atoms in total. The Hall–Kier alpha value is -2.42. The highest BCUT2D eigenvalue weighted by atomic mass is 32.2. The van der Waals surface area contributed by atoms with Crippen LogP contribution in [0.25, 0.3) is 0 Å². The summed E-state index contributed by atoms with van der Waals surface area (Å²) in [6, 6.07) is 16.7. The first-order valence-electron chi connectivity index (χ1n) is 11.7. The van der Waals surface area contributed by atoms with Crippen LogP contribution in [0.15, 0.2) is 54.6 Å². The van der Waals surface area contributed by atoms with Gasteiger partial charge in [0.05, 0.1) is 30.8 Å². The maximum atomic E-state index is 12.6. The fourth-order valence-electron chi connectivity index (χ4n) is 3.48. The number of carbonyl (C=O) groups is 1.